The molecule has 0 radical (unpaired) electrons. The fraction of sp³-hybridized carbons (Fsp3) is 0.143. The predicted molar refractivity (Wildman–Crippen MR) is 68.0 cm³/mol. The second-order valence-electron chi connectivity index (χ2n) is 3.94. The van der Waals surface area contributed by atoms with E-state index in [-0.39, 0.29) is 5.69 Å². The summed E-state index contributed by atoms with van der Waals surface area (Å²) in [5, 5.41) is 9.40. The van der Waals surface area contributed by atoms with Gasteiger partial charge in [-0.25, -0.2) is 9.59 Å². The number of methoxy groups -OCH3 is 1. The Morgan fingerprint density at radius 1 is 1.16 bits per heavy atom. The number of hydrogen-bond acceptors (Lipinski definition) is 3. The van der Waals surface area contributed by atoms with Gasteiger partial charge in [0.25, 0.3) is 0 Å². The van der Waals surface area contributed by atoms with Crippen LogP contribution in [0.1, 0.15) is 22.1 Å². The Balaban J connectivity index is 2.50. The summed E-state index contributed by atoms with van der Waals surface area (Å²) in [6.07, 6.45) is 1.55. The van der Waals surface area contributed by atoms with Crippen LogP contribution in [0.5, 0.6) is 0 Å². The van der Waals surface area contributed by atoms with Crippen LogP contribution in [0.25, 0.3) is 0 Å². The molecule has 0 aliphatic carbocycles. The molecule has 5 heteroatoms. The molecule has 98 valence electrons. The quantitative estimate of drug-likeness (QED) is 0.852. The van der Waals surface area contributed by atoms with Crippen LogP contribution in [-0.4, -0.2) is 28.7 Å². The van der Waals surface area contributed by atoms with Gasteiger partial charge in [0, 0.05) is 6.20 Å². The third kappa shape index (κ3) is 2.49. The Morgan fingerprint density at radius 3 is 2.42 bits per heavy atom. The highest BCUT2D eigenvalue weighted by atomic mass is 16.5. The second-order valence-corrected chi connectivity index (χ2v) is 3.94. The first-order chi connectivity index (χ1) is 9.15. The normalized spacial score (nSPS) is 11.8. The van der Waals surface area contributed by atoms with E-state index in [2.05, 4.69) is 4.74 Å². The van der Waals surface area contributed by atoms with Crippen LogP contribution >= 0.6 is 0 Å². The van der Waals surface area contributed by atoms with Crippen molar-refractivity contribution in [2.75, 3.05) is 7.11 Å². The maximum absolute atomic E-state index is 11.6. The number of carbonyl (C=O) groups excluding carboxylic acids is 1. The number of carboxylic acids is 1. The van der Waals surface area contributed by atoms with Crippen molar-refractivity contribution in [3.05, 3.63) is 59.9 Å². The fourth-order valence-corrected chi connectivity index (χ4v) is 1.95. The lowest BCUT2D eigenvalue weighted by Gasteiger charge is -2.17. The minimum Gasteiger partial charge on any atom is -0.479 e. The molecule has 1 atom stereocenters. The van der Waals surface area contributed by atoms with Crippen molar-refractivity contribution >= 4 is 11.9 Å². The summed E-state index contributed by atoms with van der Waals surface area (Å²) in [6.45, 7) is 0. The standard InChI is InChI=1S/C14H13NO4/c1-19-14(18)11-8-5-9-15(11)12(13(16)17)10-6-3-2-4-7-10/h2-9,12H,1H3,(H,16,17). The van der Waals surface area contributed by atoms with Crippen LogP contribution in [-0.2, 0) is 9.53 Å². The zero-order valence-electron chi connectivity index (χ0n) is 10.3. The maximum Gasteiger partial charge on any atom is 0.354 e. The van der Waals surface area contributed by atoms with Gasteiger partial charge in [0.1, 0.15) is 5.69 Å². The SMILES string of the molecule is COC(=O)c1cccn1C(C(=O)O)c1ccccc1. The van der Waals surface area contributed by atoms with E-state index in [0.29, 0.717) is 5.56 Å². The minimum atomic E-state index is -1.03. The van der Waals surface area contributed by atoms with E-state index in [1.165, 1.54) is 17.7 Å². The number of ether oxygens (including phenoxy) is 1. The maximum atomic E-state index is 11.6. The zero-order valence-corrected chi connectivity index (χ0v) is 10.3. The number of nitrogens with zero attached hydrogens (tertiary/aromatic N) is 1. The summed E-state index contributed by atoms with van der Waals surface area (Å²) < 4.78 is 6.04. The van der Waals surface area contributed by atoms with Crippen molar-refractivity contribution in [1.82, 2.24) is 4.57 Å². The van der Waals surface area contributed by atoms with Gasteiger partial charge in [0.2, 0.25) is 0 Å². The molecule has 19 heavy (non-hydrogen) atoms. The Hall–Kier alpha value is -2.56. The molecule has 0 bridgehead atoms. The topological polar surface area (TPSA) is 68.5 Å². The Labute approximate surface area is 110 Å². The van der Waals surface area contributed by atoms with Gasteiger partial charge in [-0.15, -0.1) is 0 Å². The number of aromatic nitrogens is 1. The van der Waals surface area contributed by atoms with Crippen molar-refractivity contribution in [1.29, 1.82) is 0 Å². The number of hydrogen-bond donors (Lipinski definition) is 1. The first-order valence-electron chi connectivity index (χ1n) is 5.68. The van der Waals surface area contributed by atoms with Crippen LogP contribution in [0.15, 0.2) is 48.7 Å². The van der Waals surface area contributed by atoms with E-state index in [1.54, 1.807) is 42.6 Å². The Kier molecular flexibility index (Phi) is 3.66. The molecule has 1 N–H and O–H groups in total. The molecule has 1 unspecified atom stereocenters. The Morgan fingerprint density at radius 2 is 1.84 bits per heavy atom. The van der Waals surface area contributed by atoms with Crippen LogP contribution in [0, 0.1) is 0 Å². The first kappa shape index (κ1) is 12.9. The number of rotatable bonds is 4. The number of benzene rings is 1. The molecule has 2 aromatic rings. The molecule has 0 amide bonds. The lowest BCUT2D eigenvalue weighted by Crippen LogP contribution is -2.23. The van der Waals surface area contributed by atoms with E-state index in [0.717, 1.165) is 0 Å². The number of aliphatic carboxylic acids is 1. The van der Waals surface area contributed by atoms with Gasteiger partial charge in [-0.05, 0) is 17.7 Å². The Bertz CT molecular complexity index is 589. The minimum absolute atomic E-state index is 0.207. The molecule has 0 spiro atoms. The van der Waals surface area contributed by atoms with Crippen molar-refractivity contribution in [2.24, 2.45) is 0 Å². The highest BCUT2D eigenvalue weighted by molar-refractivity contribution is 5.89. The number of carbonyl (C=O) groups is 2. The van der Waals surface area contributed by atoms with E-state index < -0.39 is 18.0 Å². The third-order valence-electron chi connectivity index (χ3n) is 2.80. The molecule has 1 aromatic carbocycles. The van der Waals surface area contributed by atoms with Gasteiger partial charge in [0.05, 0.1) is 7.11 Å². The fourth-order valence-electron chi connectivity index (χ4n) is 1.95. The summed E-state index contributed by atoms with van der Waals surface area (Å²) in [5.41, 5.74) is 0.801. The average Bonchev–Trinajstić information content (AvgIpc) is 2.88. The van der Waals surface area contributed by atoms with E-state index >= 15 is 0 Å². The van der Waals surface area contributed by atoms with Crippen molar-refractivity contribution in [3.8, 4) is 0 Å². The molecule has 0 aliphatic rings. The van der Waals surface area contributed by atoms with Crippen LogP contribution in [0.2, 0.25) is 0 Å². The van der Waals surface area contributed by atoms with Crippen molar-refractivity contribution in [3.63, 3.8) is 0 Å². The summed E-state index contributed by atoms with van der Waals surface area (Å²) in [5.74, 6) is -1.60. The average molecular weight is 259 g/mol. The lowest BCUT2D eigenvalue weighted by atomic mass is 10.1. The van der Waals surface area contributed by atoms with Crippen molar-refractivity contribution in [2.45, 2.75) is 6.04 Å². The summed E-state index contributed by atoms with van der Waals surface area (Å²) in [4.78, 5) is 23.1. The molecule has 1 aromatic heterocycles. The van der Waals surface area contributed by atoms with Gasteiger partial charge in [-0.2, -0.15) is 0 Å². The largest absolute Gasteiger partial charge is 0.479 e. The second kappa shape index (κ2) is 5.39. The van der Waals surface area contributed by atoms with Crippen molar-refractivity contribution < 1.29 is 19.4 Å². The smallest absolute Gasteiger partial charge is 0.354 e. The summed E-state index contributed by atoms with van der Waals surface area (Å²) >= 11 is 0. The number of esters is 1. The summed E-state index contributed by atoms with van der Waals surface area (Å²) in [7, 11) is 1.26. The number of carboxylic acid groups (broad SMARTS) is 1. The predicted octanol–water partition coefficient (Wildman–Crippen LogP) is 1.95. The lowest BCUT2D eigenvalue weighted by molar-refractivity contribution is -0.139. The first-order valence-corrected chi connectivity index (χ1v) is 5.68. The van der Waals surface area contributed by atoms with Gasteiger partial charge < -0.3 is 14.4 Å². The van der Waals surface area contributed by atoms with E-state index in [4.69, 9.17) is 0 Å². The molecule has 1 heterocycles. The molecule has 2 rings (SSSR count). The molecule has 0 saturated heterocycles. The molecule has 0 fully saturated rings. The molecular weight excluding hydrogens is 246 g/mol. The molecule has 0 saturated carbocycles. The zero-order chi connectivity index (χ0) is 13.8. The van der Waals surface area contributed by atoms with Gasteiger partial charge in [0.15, 0.2) is 6.04 Å². The van der Waals surface area contributed by atoms with Gasteiger partial charge in [-0.3, -0.25) is 0 Å². The van der Waals surface area contributed by atoms with E-state index in [9.17, 15) is 14.7 Å². The monoisotopic (exact) mass is 259 g/mol. The third-order valence-corrected chi connectivity index (χ3v) is 2.80. The molecule has 0 aliphatic heterocycles. The summed E-state index contributed by atoms with van der Waals surface area (Å²) in [6, 6.07) is 10.9. The van der Waals surface area contributed by atoms with E-state index in [1.807, 2.05) is 0 Å². The molecular formula is C14H13NO4. The van der Waals surface area contributed by atoms with Gasteiger partial charge in [-0.1, -0.05) is 30.3 Å². The molecule has 5 nitrogen and oxygen atoms in total. The van der Waals surface area contributed by atoms with Crippen LogP contribution in [0.3, 0.4) is 0 Å². The van der Waals surface area contributed by atoms with Gasteiger partial charge >= 0.3 is 11.9 Å². The van der Waals surface area contributed by atoms with Crippen LogP contribution in [0.4, 0.5) is 0 Å². The highest BCUT2D eigenvalue weighted by Gasteiger charge is 2.25. The van der Waals surface area contributed by atoms with Crippen LogP contribution < -0.4 is 0 Å². The highest BCUT2D eigenvalue weighted by Crippen LogP contribution is 2.21.